The van der Waals surface area contributed by atoms with Gasteiger partial charge in [-0.1, -0.05) is 91.3 Å². The number of nitrogens with zero attached hydrogens (tertiary/aromatic N) is 3. The van der Waals surface area contributed by atoms with E-state index in [2.05, 4.69) is 31.2 Å². The maximum absolute atomic E-state index is 14.0. The third kappa shape index (κ3) is 5.46. The fourth-order valence-electron chi connectivity index (χ4n) is 5.27. The number of hydrogen-bond donors (Lipinski definition) is 0. The molecule has 5 heteroatoms. The van der Waals surface area contributed by atoms with Gasteiger partial charge in [0.1, 0.15) is 5.82 Å². The highest BCUT2D eigenvalue weighted by Gasteiger charge is 2.27. The Labute approximate surface area is 235 Å². The van der Waals surface area contributed by atoms with Crippen LogP contribution in [-0.4, -0.2) is 26.9 Å². The zero-order chi connectivity index (χ0) is 28.2. The zero-order valence-electron chi connectivity index (χ0n) is 23.6. The van der Waals surface area contributed by atoms with Crippen molar-refractivity contribution < 1.29 is 4.79 Å². The van der Waals surface area contributed by atoms with Crippen LogP contribution in [0.4, 0.5) is 0 Å². The van der Waals surface area contributed by atoms with Gasteiger partial charge in [0.2, 0.25) is 5.91 Å². The van der Waals surface area contributed by atoms with Crippen molar-refractivity contribution in [1.82, 2.24) is 14.5 Å². The van der Waals surface area contributed by atoms with E-state index in [1.807, 2.05) is 98.5 Å². The molecule has 0 aliphatic carbocycles. The maximum atomic E-state index is 14.0. The quantitative estimate of drug-likeness (QED) is 0.213. The lowest BCUT2D eigenvalue weighted by atomic mass is 10.0. The van der Waals surface area contributed by atoms with Crippen LogP contribution in [0.2, 0.25) is 0 Å². The van der Waals surface area contributed by atoms with E-state index in [0.717, 1.165) is 39.9 Å². The number of carbonyl (C=O) groups is 1. The normalized spacial score (nSPS) is 11.9. The Balaban J connectivity index is 1.52. The molecule has 0 saturated carbocycles. The Hall–Kier alpha value is -4.51. The van der Waals surface area contributed by atoms with E-state index in [1.54, 1.807) is 4.57 Å². The molecule has 0 aliphatic heterocycles. The number of hydrogen-bond acceptors (Lipinski definition) is 3. The zero-order valence-corrected chi connectivity index (χ0v) is 23.6. The lowest BCUT2D eigenvalue weighted by Crippen LogP contribution is -2.38. The average Bonchev–Trinajstić information content (AvgIpc) is 2.97. The van der Waals surface area contributed by atoms with Gasteiger partial charge in [-0.05, 0) is 67.6 Å². The van der Waals surface area contributed by atoms with Crippen LogP contribution in [-0.2, 0) is 11.2 Å². The first kappa shape index (κ1) is 27.1. The van der Waals surface area contributed by atoms with Crippen molar-refractivity contribution in [3.8, 4) is 16.8 Å². The molecule has 202 valence electrons. The molecule has 40 heavy (non-hydrogen) atoms. The summed E-state index contributed by atoms with van der Waals surface area (Å²) in [7, 11) is 0. The molecule has 0 radical (unpaired) electrons. The van der Waals surface area contributed by atoms with E-state index in [1.165, 1.54) is 0 Å². The van der Waals surface area contributed by atoms with Crippen LogP contribution in [0.3, 0.4) is 0 Å². The molecule has 0 aliphatic rings. The van der Waals surface area contributed by atoms with Crippen molar-refractivity contribution in [2.75, 3.05) is 6.54 Å². The summed E-state index contributed by atoms with van der Waals surface area (Å²) in [5.41, 5.74) is 6.49. The fourth-order valence-corrected chi connectivity index (χ4v) is 5.27. The van der Waals surface area contributed by atoms with Gasteiger partial charge in [0.15, 0.2) is 0 Å². The average molecular weight is 530 g/mol. The van der Waals surface area contributed by atoms with Gasteiger partial charge in [0, 0.05) is 6.54 Å². The van der Waals surface area contributed by atoms with Crippen molar-refractivity contribution in [1.29, 1.82) is 0 Å². The van der Waals surface area contributed by atoms with Crippen LogP contribution < -0.4 is 5.56 Å². The Morgan fingerprint density at radius 3 is 2.20 bits per heavy atom. The molecule has 0 bridgehead atoms. The number of fused-ring (bicyclic) bond motifs is 1. The topological polar surface area (TPSA) is 55.2 Å². The number of carbonyl (C=O) groups excluding carboxylic acids is 1. The van der Waals surface area contributed by atoms with Gasteiger partial charge in [0.25, 0.3) is 5.56 Å². The molecule has 5 nitrogen and oxygen atoms in total. The summed E-state index contributed by atoms with van der Waals surface area (Å²) in [5.74, 6) is 0.573. The Morgan fingerprint density at radius 2 is 1.52 bits per heavy atom. The van der Waals surface area contributed by atoms with Crippen LogP contribution in [0.25, 0.3) is 27.7 Å². The largest absolute Gasteiger partial charge is 0.332 e. The standard InChI is InChI=1S/C35H35N3O2/c1-5-22-37(32(39)23-27-16-18-29(19-17-27)28-11-7-6-8-12-28)26(4)34-36-31-13-9-10-25(3)33(31)35(40)38(34)30-20-14-24(2)15-21-30/h6-21,26H,5,22-23H2,1-4H3. The summed E-state index contributed by atoms with van der Waals surface area (Å²) in [6, 6.07) is 31.6. The minimum atomic E-state index is -0.407. The minimum absolute atomic E-state index is 0.0101. The molecule has 1 heterocycles. The van der Waals surface area contributed by atoms with Crippen LogP contribution in [0.5, 0.6) is 0 Å². The van der Waals surface area contributed by atoms with E-state index >= 15 is 0 Å². The van der Waals surface area contributed by atoms with Gasteiger partial charge in [-0.2, -0.15) is 0 Å². The molecule has 5 rings (SSSR count). The van der Waals surface area contributed by atoms with E-state index < -0.39 is 6.04 Å². The monoisotopic (exact) mass is 529 g/mol. The highest BCUT2D eigenvalue weighted by Crippen LogP contribution is 2.26. The van der Waals surface area contributed by atoms with E-state index in [0.29, 0.717) is 23.3 Å². The Kier molecular flexibility index (Phi) is 7.92. The predicted octanol–water partition coefficient (Wildman–Crippen LogP) is 7.21. The number of aromatic nitrogens is 2. The first-order chi connectivity index (χ1) is 19.4. The molecule has 0 N–H and O–H groups in total. The molecule has 1 aromatic heterocycles. The Morgan fingerprint density at radius 1 is 0.850 bits per heavy atom. The molecule has 4 aromatic carbocycles. The highest BCUT2D eigenvalue weighted by atomic mass is 16.2. The molecular formula is C35H35N3O2. The van der Waals surface area contributed by atoms with Gasteiger partial charge >= 0.3 is 0 Å². The van der Waals surface area contributed by atoms with Crippen molar-refractivity contribution in [3.05, 3.63) is 130 Å². The second-order valence-electron chi connectivity index (χ2n) is 10.4. The van der Waals surface area contributed by atoms with Crippen LogP contribution >= 0.6 is 0 Å². The third-order valence-electron chi connectivity index (χ3n) is 7.47. The molecule has 1 unspecified atom stereocenters. The summed E-state index contributed by atoms with van der Waals surface area (Å²) in [6.45, 7) is 8.56. The SMILES string of the molecule is CCCN(C(=O)Cc1ccc(-c2ccccc2)cc1)C(C)c1nc2cccc(C)c2c(=O)n1-c1ccc(C)cc1. The summed E-state index contributed by atoms with van der Waals surface area (Å²) in [6.07, 6.45) is 1.07. The minimum Gasteiger partial charge on any atom is -0.332 e. The molecule has 1 amide bonds. The van der Waals surface area contributed by atoms with Gasteiger partial charge < -0.3 is 4.90 Å². The molecule has 0 saturated heterocycles. The lowest BCUT2D eigenvalue weighted by molar-refractivity contribution is -0.132. The third-order valence-corrected chi connectivity index (χ3v) is 7.47. The second kappa shape index (κ2) is 11.7. The summed E-state index contributed by atoms with van der Waals surface area (Å²) >= 11 is 0. The van der Waals surface area contributed by atoms with Gasteiger partial charge in [0.05, 0.1) is 29.1 Å². The number of rotatable bonds is 8. The molecule has 0 fully saturated rings. The molecule has 5 aromatic rings. The second-order valence-corrected chi connectivity index (χ2v) is 10.4. The summed E-state index contributed by atoms with van der Waals surface area (Å²) < 4.78 is 1.68. The van der Waals surface area contributed by atoms with Gasteiger partial charge in [-0.25, -0.2) is 4.98 Å². The molecule has 0 spiro atoms. The predicted molar refractivity (Wildman–Crippen MR) is 163 cm³/mol. The van der Waals surface area contributed by atoms with E-state index in [9.17, 15) is 9.59 Å². The van der Waals surface area contributed by atoms with Gasteiger partial charge in [-0.3, -0.25) is 14.2 Å². The summed E-state index contributed by atoms with van der Waals surface area (Å²) in [5, 5.41) is 0.603. The van der Waals surface area contributed by atoms with E-state index in [-0.39, 0.29) is 17.9 Å². The molecule has 1 atom stereocenters. The van der Waals surface area contributed by atoms with Crippen LogP contribution in [0, 0.1) is 13.8 Å². The maximum Gasteiger partial charge on any atom is 0.266 e. The van der Waals surface area contributed by atoms with Gasteiger partial charge in [-0.15, -0.1) is 0 Å². The molecular weight excluding hydrogens is 494 g/mol. The van der Waals surface area contributed by atoms with Crippen molar-refractivity contribution in [3.63, 3.8) is 0 Å². The first-order valence-electron chi connectivity index (χ1n) is 13.9. The van der Waals surface area contributed by atoms with Crippen molar-refractivity contribution >= 4 is 16.8 Å². The number of aryl methyl sites for hydroxylation is 2. The fraction of sp³-hybridized carbons (Fsp3) is 0.229. The lowest BCUT2D eigenvalue weighted by Gasteiger charge is -2.30. The van der Waals surface area contributed by atoms with Crippen molar-refractivity contribution in [2.24, 2.45) is 0 Å². The van der Waals surface area contributed by atoms with E-state index in [4.69, 9.17) is 4.98 Å². The van der Waals surface area contributed by atoms with Crippen molar-refractivity contribution in [2.45, 2.75) is 46.6 Å². The van der Waals surface area contributed by atoms with Crippen LogP contribution in [0.15, 0.2) is 102 Å². The number of amides is 1. The highest BCUT2D eigenvalue weighted by molar-refractivity contribution is 5.82. The summed E-state index contributed by atoms with van der Waals surface area (Å²) in [4.78, 5) is 34.6. The number of benzene rings is 4. The smallest absolute Gasteiger partial charge is 0.266 e. The van der Waals surface area contributed by atoms with Crippen LogP contribution in [0.1, 0.15) is 48.8 Å². The Bertz CT molecular complexity index is 1690. The first-order valence-corrected chi connectivity index (χ1v) is 13.9.